The summed E-state index contributed by atoms with van der Waals surface area (Å²) in [5.74, 6) is -0.629. The van der Waals surface area contributed by atoms with Crippen LogP contribution in [0.5, 0.6) is 5.75 Å². The summed E-state index contributed by atoms with van der Waals surface area (Å²) in [5.41, 5.74) is 1.79. The van der Waals surface area contributed by atoms with Gasteiger partial charge in [0.15, 0.2) is 6.10 Å². The average molecular weight is 501 g/mol. The quantitative estimate of drug-likeness (QED) is 0.479. The average Bonchev–Trinajstić information content (AvgIpc) is 2.95. The highest BCUT2D eigenvalue weighted by Crippen LogP contribution is 2.47. The molecule has 0 bridgehead atoms. The molecule has 3 rings (SSSR count). The largest absolute Gasteiger partial charge is 0.497 e. The number of esters is 2. The molecule has 0 N–H and O–H groups in total. The molecule has 1 heterocycles. The van der Waals surface area contributed by atoms with E-state index in [2.05, 4.69) is 0 Å². The fourth-order valence-electron chi connectivity index (χ4n) is 3.69. The summed E-state index contributed by atoms with van der Waals surface area (Å²) in [4.78, 5) is 42.9. The first-order valence-corrected chi connectivity index (χ1v) is 12.4. The monoisotopic (exact) mass is 500 g/mol. The molecule has 1 amide bonds. The van der Waals surface area contributed by atoms with Crippen molar-refractivity contribution in [3.05, 3.63) is 53.6 Å². The zero-order valence-corrected chi connectivity index (χ0v) is 21.6. The third-order valence-electron chi connectivity index (χ3n) is 5.47. The standard InChI is InChI=1S/C26H32N2O6S/c1-6-15-33-26(31)19-9-12-22-21(16-19)28(14-13-27(3)4)25(30)23(34-17(2)29)24(35-22)18-7-10-20(32-5)11-8-18/h7-12,16,23-24H,6,13-15H2,1-5H3/t23-,24+/m1/s1. The second-order valence-corrected chi connectivity index (χ2v) is 9.64. The van der Waals surface area contributed by atoms with E-state index in [0.717, 1.165) is 10.5 Å². The second kappa shape index (κ2) is 12.1. The number of ether oxygens (including phenoxy) is 3. The van der Waals surface area contributed by atoms with Crippen molar-refractivity contribution in [3.8, 4) is 5.75 Å². The van der Waals surface area contributed by atoms with Crippen LogP contribution in [0.25, 0.3) is 0 Å². The lowest BCUT2D eigenvalue weighted by Gasteiger charge is -2.28. The molecule has 0 saturated carbocycles. The summed E-state index contributed by atoms with van der Waals surface area (Å²) in [6.45, 7) is 4.49. The number of hydrogen-bond donors (Lipinski definition) is 0. The van der Waals surface area contributed by atoms with Crippen molar-refractivity contribution in [2.24, 2.45) is 0 Å². The number of thioether (sulfide) groups is 1. The van der Waals surface area contributed by atoms with E-state index in [9.17, 15) is 14.4 Å². The Morgan fingerprint density at radius 3 is 2.43 bits per heavy atom. The van der Waals surface area contributed by atoms with Crippen molar-refractivity contribution >= 4 is 35.3 Å². The molecule has 1 aliphatic rings. The van der Waals surface area contributed by atoms with Crippen molar-refractivity contribution in [2.75, 3.05) is 45.8 Å². The minimum Gasteiger partial charge on any atom is -0.497 e. The molecular formula is C26H32N2O6S. The summed E-state index contributed by atoms with van der Waals surface area (Å²) >= 11 is 1.43. The van der Waals surface area contributed by atoms with Crippen LogP contribution in [0.15, 0.2) is 47.4 Å². The number of nitrogens with zero attached hydrogens (tertiary/aromatic N) is 2. The molecule has 0 unspecified atom stereocenters. The zero-order chi connectivity index (χ0) is 25.5. The van der Waals surface area contributed by atoms with Gasteiger partial charge in [0.05, 0.1) is 30.2 Å². The Hall–Kier alpha value is -3.04. The van der Waals surface area contributed by atoms with Crippen molar-refractivity contribution in [2.45, 2.75) is 36.5 Å². The number of methoxy groups -OCH3 is 1. The van der Waals surface area contributed by atoms with Gasteiger partial charge in [-0.3, -0.25) is 9.59 Å². The van der Waals surface area contributed by atoms with E-state index in [1.54, 1.807) is 24.1 Å². The third kappa shape index (κ3) is 6.55. The predicted octanol–water partition coefficient (Wildman–Crippen LogP) is 3.94. The van der Waals surface area contributed by atoms with Gasteiger partial charge in [0.25, 0.3) is 5.91 Å². The van der Waals surface area contributed by atoms with Crippen LogP contribution >= 0.6 is 11.8 Å². The number of carbonyl (C=O) groups is 3. The smallest absolute Gasteiger partial charge is 0.338 e. The Bertz CT molecular complexity index is 1060. The van der Waals surface area contributed by atoms with Crippen molar-refractivity contribution in [1.29, 1.82) is 0 Å². The zero-order valence-electron chi connectivity index (χ0n) is 20.8. The number of anilines is 1. The Morgan fingerprint density at radius 1 is 1.11 bits per heavy atom. The Morgan fingerprint density at radius 2 is 1.83 bits per heavy atom. The summed E-state index contributed by atoms with van der Waals surface area (Å²) < 4.78 is 16.2. The molecule has 8 nitrogen and oxygen atoms in total. The molecule has 35 heavy (non-hydrogen) atoms. The first-order valence-electron chi connectivity index (χ1n) is 11.5. The van der Waals surface area contributed by atoms with Crippen LogP contribution in [0, 0.1) is 0 Å². The molecule has 1 aliphatic heterocycles. The molecule has 188 valence electrons. The molecule has 2 atom stereocenters. The molecule has 0 aliphatic carbocycles. The SMILES string of the molecule is CCCOC(=O)c1ccc2c(c1)N(CCN(C)C)C(=O)[C@H](OC(C)=O)[C@H](c1ccc(OC)cc1)S2. The summed E-state index contributed by atoms with van der Waals surface area (Å²) in [7, 11) is 5.42. The Balaban J connectivity index is 2.10. The van der Waals surface area contributed by atoms with Gasteiger partial charge in [0.2, 0.25) is 0 Å². The number of likely N-dealkylation sites (N-methyl/N-ethyl adjacent to an activating group) is 1. The van der Waals surface area contributed by atoms with E-state index < -0.39 is 23.3 Å². The van der Waals surface area contributed by atoms with Gasteiger partial charge in [-0.05, 0) is 56.4 Å². The minimum absolute atomic E-state index is 0.321. The highest BCUT2D eigenvalue weighted by molar-refractivity contribution is 7.99. The molecule has 2 aromatic rings. The van der Waals surface area contributed by atoms with Gasteiger partial charge in [-0.2, -0.15) is 0 Å². The van der Waals surface area contributed by atoms with Crippen LogP contribution in [0.4, 0.5) is 5.69 Å². The van der Waals surface area contributed by atoms with E-state index in [4.69, 9.17) is 14.2 Å². The molecule has 0 fully saturated rings. The van der Waals surface area contributed by atoms with Crippen LogP contribution in [0.2, 0.25) is 0 Å². The van der Waals surface area contributed by atoms with Crippen molar-refractivity contribution in [1.82, 2.24) is 4.90 Å². The predicted molar refractivity (Wildman–Crippen MR) is 135 cm³/mol. The number of hydrogen-bond acceptors (Lipinski definition) is 8. The van der Waals surface area contributed by atoms with Crippen molar-refractivity contribution in [3.63, 3.8) is 0 Å². The minimum atomic E-state index is -1.05. The van der Waals surface area contributed by atoms with E-state index in [1.807, 2.05) is 56.3 Å². The maximum absolute atomic E-state index is 13.9. The van der Waals surface area contributed by atoms with Crippen LogP contribution in [0.3, 0.4) is 0 Å². The second-order valence-electron chi connectivity index (χ2n) is 8.45. The summed E-state index contributed by atoms with van der Waals surface area (Å²) in [6.07, 6.45) is -0.330. The van der Waals surface area contributed by atoms with Crippen LogP contribution in [-0.2, 0) is 19.1 Å². The summed E-state index contributed by atoms with van der Waals surface area (Å²) in [6, 6.07) is 12.6. The lowest BCUT2D eigenvalue weighted by molar-refractivity contribution is -0.152. The van der Waals surface area contributed by atoms with E-state index in [1.165, 1.54) is 18.7 Å². The van der Waals surface area contributed by atoms with E-state index in [0.29, 0.717) is 43.1 Å². The van der Waals surface area contributed by atoms with Gasteiger partial charge in [0.1, 0.15) is 5.75 Å². The van der Waals surface area contributed by atoms with Crippen LogP contribution in [-0.4, -0.2) is 69.8 Å². The maximum atomic E-state index is 13.9. The number of benzene rings is 2. The maximum Gasteiger partial charge on any atom is 0.338 e. The van der Waals surface area contributed by atoms with Gasteiger partial charge in [-0.1, -0.05) is 19.1 Å². The van der Waals surface area contributed by atoms with Crippen LogP contribution in [0.1, 0.15) is 41.4 Å². The number of fused-ring (bicyclic) bond motifs is 1. The number of rotatable bonds is 9. The highest BCUT2D eigenvalue weighted by Gasteiger charge is 2.41. The molecule has 0 spiro atoms. The molecular weight excluding hydrogens is 468 g/mol. The van der Waals surface area contributed by atoms with E-state index in [-0.39, 0.29) is 5.91 Å². The van der Waals surface area contributed by atoms with Crippen molar-refractivity contribution < 1.29 is 28.6 Å². The molecule has 0 saturated heterocycles. The van der Waals surface area contributed by atoms with Crippen LogP contribution < -0.4 is 9.64 Å². The number of amides is 1. The Kier molecular flexibility index (Phi) is 9.17. The third-order valence-corrected chi connectivity index (χ3v) is 6.84. The van der Waals surface area contributed by atoms with Gasteiger partial charge in [-0.15, -0.1) is 11.8 Å². The topological polar surface area (TPSA) is 85.4 Å². The van der Waals surface area contributed by atoms with Gasteiger partial charge in [0, 0.05) is 24.9 Å². The van der Waals surface area contributed by atoms with E-state index >= 15 is 0 Å². The molecule has 0 radical (unpaired) electrons. The fourth-order valence-corrected chi connectivity index (χ4v) is 4.99. The summed E-state index contributed by atoms with van der Waals surface area (Å²) in [5, 5.41) is -0.488. The lowest BCUT2D eigenvalue weighted by atomic mass is 10.1. The lowest BCUT2D eigenvalue weighted by Crippen LogP contribution is -2.45. The first kappa shape index (κ1) is 26.6. The number of carbonyl (C=O) groups excluding carboxylic acids is 3. The molecule has 9 heteroatoms. The Labute approximate surface area is 210 Å². The van der Waals surface area contributed by atoms with Gasteiger partial charge in [-0.25, -0.2) is 4.79 Å². The molecule has 0 aromatic heterocycles. The van der Waals surface area contributed by atoms with Gasteiger partial charge >= 0.3 is 11.9 Å². The fraction of sp³-hybridized carbons (Fsp3) is 0.423. The first-order chi connectivity index (χ1) is 16.7. The molecule has 2 aromatic carbocycles. The highest BCUT2D eigenvalue weighted by atomic mass is 32.2. The normalized spacial score (nSPS) is 17.5. The van der Waals surface area contributed by atoms with Gasteiger partial charge < -0.3 is 24.0 Å².